The van der Waals surface area contributed by atoms with Crippen molar-refractivity contribution < 1.29 is 21.8 Å². The number of alkyl halides is 2. The van der Waals surface area contributed by atoms with Gasteiger partial charge in [-0.05, 0) is 67.0 Å². The van der Waals surface area contributed by atoms with Gasteiger partial charge >= 0.3 is 5.76 Å². The van der Waals surface area contributed by atoms with Crippen LogP contribution in [-0.2, 0) is 10.8 Å². The SMILES string of the molecule is C/C=C/N=C(/C(F)=C/n1c(C)cc(C2C(C)C2c2cncc(Cl)c2)c(Cl)c1=O)c1cccc(S(=O)C(F)F)c1F. The van der Waals surface area contributed by atoms with Crippen LogP contribution in [0.3, 0.4) is 0 Å². The molecule has 0 bridgehead atoms. The van der Waals surface area contributed by atoms with Crippen molar-refractivity contribution in [3.63, 3.8) is 0 Å². The summed E-state index contributed by atoms with van der Waals surface area (Å²) in [5.41, 5.74) is 0.0712. The minimum Gasteiger partial charge on any atom is -0.284 e. The molecule has 4 rings (SSSR count). The number of aromatic nitrogens is 2. The molecule has 210 valence electrons. The third kappa shape index (κ3) is 5.84. The molecule has 0 spiro atoms. The fourth-order valence-corrected chi connectivity index (χ4v) is 5.88. The van der Waals surface area contributed by atoms with Gasteiger partial charge in [0, 0.05) is 29.9 Å². The van der Waals surface area contributed by atoms with Crippen LogP contribution in [0, 0.1) is 18.7 Å². The number of benzene rings is 1. The van der Waals surface area contributed by atoms with Crippen molar-refractivity contribution in [2.75, 3.05) is 0 Å². The quantitative estimate of drug-likeness (QED) is 0.194. The fourth-order valence-electron chi connectivity index (χ4n) is 4.74. The van der Waals surface area contributed by atoms with Gasteiger partial charge in [-0.25, -0.2) is 13.0 Å². The first-order valence-corrected chi connectivity index (χ1v) is 14.0. The zero-order valence-electron chi connectivity index (χ0n) is 21.4. The Morgan fingerprint density at radius 2 is 1.93 bits per heavy atom. The lowest BCUT2D eigenvalue weighted by atomic mass is 10.1. The smallest absolute Gasteiger partial charge is 0.284 e. The van der Waals surface area contributed by atoms with E-state index in [-0.39, 0.29) is 22.8 Å². The number of hydrogen-bond donors (Lipinski definition) is 0. The first kappa shape index (κ1) is 29.9. The van der Waals surface area contributed by atoms with E-state index in [1.54, 1.807) is 26.1 Å². The summed E-state index contributed by atoms with van der Waals surface area (Å²) in [5, 5.41) is 0.392. The summed E-state index contributed by atoms with van der Waals surface area (Å²) in [6, 6.07) is 6.70. The Hall–Kier alpha value is -3.08. The van der Waals surface area contributed by atoms with Gasteiger partial charge < -0.3 is 0 Å². The Morgan fingerprint density at radius 3 is 2.58 bits per heavy atom. The highest BCUT2D eigenvalue weighted by molar-refractivity contribution is 7.85. The molecular weight excluding hydrogens is 589 g/mol. The van der Waals surface area contributed by atoms with Crippen LogP contribution in [0.1, 0.15) is 48.1 Å². The van der Waals surface area contributed by atoms with Crippen LogP contribution in [0.25, 0.3) is 6.20 Å². The van der Waals surface area contributed by atoms with Crippen LogP contribution in [0.2, 0.25) is 10.0 Å². The fraction of sp³-hybridized carbons (Fsp3) is 0.250. The van der Waals surface area contributed by atoms with Crippen molar-refractivity contribution in [3.05, 3.63) is 109 Å². The molecule has 2 heterocycles. The predicted molar refractivity (Wildman–Crippen MR) is 150 cm³/mol. The van der Waals surface area contributed by atoms with E-state index in [1.165, 1.54) is 18.5 Å². The van der Waals surface area contributed by atoms with Crippen molar-refractivity contribution in [2.24, 2.45) is 10.9 Å². The van der Waals surface area contributed by atoms with E-state index in [9.17, 15) is 17.8 Å². The van der Waals surface area contributed by atoms with Crippen LogP contribution in [0.15, 0.2) is 75.5 Å². The largest absolute Gasteiger partial charge is 0.316 e. The molecular formula is C28H23Cl2F4N3O2S. The van der Waals surface area contributed by atoms with Gasteiger partial charge in [-0.3, -0.25) is 19.3 Å². The molecule has 2 aromatic heterocycles. The van der Waals surface area contributed by atoms with Crippen molar-refractivity contribution in [2.45, 2.75) is 43.3 Å². The van der Waals surface area contributed by atoms with Gasteiger partial charge in [0.15, 0.2) is 5.83 Å². The van der Waals surface area contributed by atoms with Crippen molar-refractivity contribution >= 4 is 45.9 Å². The second-order valence-electron chi connectivity index (χ2n) is 9.19. The molecule has 1 saturated carbocycles. The number of aryl methyl sites for hydroxylation is 1. The molecule has 1 aliphatic rings. The molecule has 1 aliphatic carbocycles. The molecule has 40 heavy (non-hydrogen) atoms. The van der Waals surface area contributed by atoms with E-state index in [4.69, 9.17) is 23.2 Å². The molecule has 12 heteroatoms. The van der Waals surface area contributed by atoms with Gasteiger partial charge in [-0.1, -0.05) is 42.3 Å². The van der Waals surface area contributed by atoms with Crippen molar-refractivity contribution in [3.8, 4) is 0 Å². The summed E-state index contributed by atoms with van der Waals surface area (Å²) < 4.78 is 69.7. The number of halogens is 6. The molecule has 5 nitrogen and oxygen atoms in total. The molecule has 0 N–H and O–H groups in total. The average molecular weight is 612 g/mol. The summed E-state index contributed by atoms with van der Waals surface area (Å²) >= 11 is 12.6. The van der Waals surface area contributed by atoms with E-state index in [1.807, 2.05) is 13.0 Å². The predicted octanol–water partition coefficient (Wildman–Crippen LogP) is 7.64. The number of rotatable bonds is 8. The monoisotopic (exact) mass is 611 g/mol. The molecule has 4 unspecified atom stereocenters. The minimum atomic E-state index is -3.34. The van der Waals surface area contributed by atoms with Gasteiger partial charge in [-0.15, -0.1) is 0 Å². The van der Waals surface area contributed by atoms with Crippen LogP contribution in [0.4, 0.5) is 17.6 Å². The van der Waals surface area contributed by atoms with Gasteiger partial charge in [0.25, 0.3) is 5.56 Å². The second-order valence-corrected chi connectivity index (χ2v) is 11.4. The first-order valence-electron chi connectivity index (χ1n) is 12.0. The minimum absolute atomic E-state index is 0.0410. The van der Waals surface area contributed by atoms with Crippen LogP contribution in [0.5, 0.6) is 0 Å². The van der Waals surface area contributed by atoms with Gasteiger partial charge in [0.2, 0.25) is 0 Å². The van der Waals surface area contributed by atoms with E-state index in [2.05, 4.69) is 9.98 Å². The molecule has 0 radical (unpaired) electrons. The highest BCUT2D eigenvalue weighted by atomic mass is 35.5. The topological polar surface area (TPSA) is 64.3 Å². The van der Waals surface area contributed by atoms with Crippen molar-refractivity contribution in [1.82, 2.24) is 9.55 Å². The number of aliphatic imine (C=N–C) groups is 1. The maximum absolute atomic E-state index is 15.7. The summed E-state index contributed by atoms with van der Waals surface area (Å²) in [6.07, 6.45) is 6.66. The Labute approximate surface area is 240 Å². The second kappa shape index (κ2) is 12.2. The lowest BCUT2D eigenvalue weighted by molar-refractivity contribution is 0.243. The van der Waals surface area contributed by atoms with Crippen LogP contribution in [-0.4, -0.2) is 25.2 Å². The lowest BCUT2D eigenvalue weighted by Gasteiger charge is -2.13. The van der Waals surface area contributed by atoms with E-state index >= 15 is 8.78 Å². The highest BCUT2D eigenvalue weighted by Crippen LogP contribution is 2.61. The third-order valence-electron chi connectivity index (χ3n) is 6.67. The summed E-state index contributed by atoms with van der Waals surface area (Å²) in [7, 11) is -2.97. The molecule has 0 saturated heterocycles. The maximum Gasteiger partial charge on any atom is 0.316 e. The average Bonchev–Trinajstić information content (AvgIpc) is 3.59. The summed E-state index contributed by atoms with van der Waals surface area (Å²) in [4.78, 5) is 20.5. The third-order valence-corrected chi connectivity index (χ3v) is 8.33. The molecule has 0 aliphatic heterocycles. The zero-order valence-corrected chi connectivity index (χ0v) is 23.7. The first-order chi connectivity index (χ1) is 19.0. The van der Waals surface area contributed by atoms with E-state index in [0.29, 0.717) is 16.3 Å². The normalized spacial score (nSPS) is 20.4. The maximum atomic E-state index is 15.7. The van der Waals surface area contributed by atoms with Gasteiger partial charge in [0.05, 0.1) is 16.1 Å². The van der Waals surface area contributed by atoms with Gasteiger partial charge in [-0.2, -0.15) is 8.78 Å². The molecule has 1 fully saturated rings. The molecule has 0 amide bonds. The number of nitrogens with zero attached hydrogens (tertiary/aromatic N) is 3. The Kier molecular flexibility index (Phi) is 9.12. The number of pyridine rings is 2. The Bertz CT molecular complexity index is 1640. The highest BCUT2D eigenvalue weighted by Gasteiger charge is 2.50. The number of hydrogen-bond acceptors (Lipinski definition) is 4. The molecule has 3 aromatic rings. The lowest BCUT2D eigenvalue weighted by Crippen LogP contribution is -2.21. The zero-order chi connectivity index (χ0) is 29.3. The standard InChI is InChI=1S/C28H23Cl2F4N3O2S/c1-4-8-36-26(18-6-5-7-21(25(18)32)40(39)28(33)34)20(31)13-37-14(2)9-19(24(30)27(37)38)23-15(3)22(23)16-10-17(29)12-35-11-16/h4-13,15,22-23,28H,1-3H3/b8-4+,20-13-,36-26+. The van der Waals surface area contributed by atoms with E-state index < -0.39 is 49.9 Å². The van der Waals surface area contributed by atoms with Gasteiger partial charge in [0.1, 0.15) is 27.4 Å². The molecule has 1 aromatic carbocycles. The number of allylic oxidation sites excluding steroid dienone is 2. The summed E-state index contributed by atoms with van der Waals surface area (Å²) in [6.45, 7) is 5.19. The van der Waals surface area contributed by atoms with Crippen LogP contribution >= 0.6 is 23.2 Å². The van der Waals surface area contributed by atoms with Crippen LogP contribution < -0.4 is 5.56 Å². The molecule has 4 atom stereocenters. The van der Waals surface area contributed by atoms with Crippen molar-refractivity contribution in [1.29, 1.82) is 0 Å². The Morgan fingerprint density at radius 1 is 1.20 bits per heavy atom. The summed E-state index contributed by atoms with van der Waals surface area (Å²) in [5.74, 6) is -5.69. The Balaban J connectivity index is 1.76. The van der Waals surface area contributed by atoms with E-state index in [0.717, 1.165) is 34.5 Å².